The molecule has 0 heterocycles. The second-order valence-corrected chi connectivity index (χ2v) is 3.63. The molecule has 0 fully saturated rings. The molecular formula is C13H18FN. The van der Waals surface area contributed by atoms with Crippen molar-refractivity contribution in [2.24, 2.45) is 0 Å². The predicted molar refractivity (Wildman–Crippen MR) is 62.2 cm³/mol. The molecule has 1 N–H and O–H groups in total. The average molecular weight is 207 g/mol. The number of benzene rings is 1. The van der Waals surface area contributed by atoms with Gasteiger partial charge in [0.15, 0.2) is 0 Å². The van der Waals surface area contributed by atoms with E-state index in [0.29, 0.717) is 0 Å². The summed E-state index contributed by atoms with van der Waals surface area (Å²) in [6.45, 7) is 6.53. The van der Waals surface area contributed by atoms with E-state index in [1.165, 1.54) is 6.07 Å². The number of allylic oxidation sites excluding steroid dienone is 1. The number of hydrogen-bond acceptors (Lipinski definition) is 1. The first kappa shape index (κ1) is 11.9. The highest BCUT2D eigenvalue weighted by Gasteiger charge is 2.08. The Hall–Kier alpha value is -1.15. The minimum Gasteiger partial charge on any atom is -0.310 e. The van der Waals surface area contributed by atoms with Crippen molar-refractivity contribution in [3.8, 4) is 0 Å². The highest BCUT2D eigenvalue weighted by Crippen LogP contribution is 2.15. The van der Waals surface area contributed by atoms with Crippen LogP contribution in [0.15, 0.2) is 36.9 Å². The average Bonchev–Trinajstić information content (AvgIpc) is 2.25. The molecule has 0 aromatic heterocycles. The first-order valence-electron chi connectivity index (χ1n) is 5.34. The van der Waals surface area contributed by atoms with Crippen LogP contribution < -0.4 is 5.32 Å². The summed E-state index contributed by atoms with van der Waals surface area (Å²) in [5.41, 5.74) is 0.733. The van der Waals surface area contributed by atoms with Gasteiger partial charge in [0.2, 0.25) is 0 Å². The van der Waals surface area contributed by atoms with E-state index in [4.69, 9.17) is 0 Å². The van der Waals surface area contributed by atoms with Crippen molar-refractivity contribution in [1.29, 1.82) is 0 Å². The predicted octanol–water partition coefficient (Wildman–Crippen LogP) is 3.44. The zero-order valence-electron chi connectivity index (χ0n) is 9.17. The molecule has 0 amide bonds. The molecule has 0 bridgehead atoms. The van der Waals surface area contributed by atoms with E-state index in [0.717, 1.165) is 24.9 Å². The van der Waals surface area contributed by atoms with Crippen molar-refractivity contribution in [3.63, 3.8) is 0 Å². The van der Waals surface area contributed by atoms with Crippen molar-refractivity contribution in [2.75, 3.05) is 6.54 Å². The highest BCUT2D eigenvalue weighted by atomic mass is 19.1. The molecule has 1 aromatic carbocycles. The molecule has 1 unspecified atom stereocenters. The van der Waals surface area contributed by atoms with E-state index in [9.17, 15) is 4.39 Å². The van der Waals surface area contributed by atoms with E-state index < -0.39 is 0 Å². The lowest BCUT2D eigenvalue weighted by Gasteiger charge is -2.14. The summed E-state index contributed by atoms with van der Waals surface area (Å²) in [5, 5.41) is 3.29. The van der Waals surface area contributed by atoms with Gasteiger partial charge in [-0.1, -0.05) is 24.3 Å². The van der Waals surface area contributed by atoms with Gasteiger partial charge in [-0.25, -0.2) is 4.39 Å². The van der Waals surface area contributed by atoms with Crippen molar-refractivity contribution in [3.05, 3.63) is 48.3 Å². The van der Waals surface area contributed by atoms with Crippen LogP contribution in [-0.2, 0) is 0 Å². The summed E-state index contributed by atoms with van der Waals surface area (Å²) in [6, 6.07) is 6.96. The third-order valence-corrected chi connectivity index (χ3v) is 2.41. The molecule has 1 nitrogen and oxygen atoms in total. The van der Waals surface area contributed by atoms with Crippen molar-refractivity contribution < 1.29 is 4.39 Å². The Labute approximate surface area is 91.0 Å². The van der Waals surface area contributed by atoms with E-state index in [-0.39, 0.29) is 11.9 Å². The standard InChI is InChI=1S/C13H18FN/c1-3-4-7-10-15-11(2)12-8-5-6-9-13(12)14/h3,5-6,8-9,11,15H,1,4,7,10H2,2H3. The molecule has 0 saturated carbocycles. The third-order valence-electron chi connectivity index (χ3n) is 2.41. The van der Waals surface area contributed by atoms with Gasteiger partial charge in [0, 0.05) is 11.6 Å². The molecule has 15 heavy (non-hydrogen) atoms. The summed E-state index contributed by atoms with van der Waals surface area (Å²) in [7, 11) is 0. The maximum atomic E-state index is 13.4. The number of unbranched alkanes of at least 4 members (excludes halogenated alkanes) is 1. The van der Waals surface area contributed by atoms with Crippen molar-refractivity contribution in [2.45, 2.75) is 25.8 Å². The minimum absolute atomic E-state index is 0.0658. The number of hydrogen-bond donors (Lipinski definition) is 1. The van der Waals surface area contributed by atoms with Gasteiger partial charge in [0.05, 0.1) is 0 Å². The number of rotatable bonds is 6. The first-order chi connectivity index (χ1) is 7.25. The lowest BCUT2D eigenvalue weighted by molar-refractivity contribution is 0.522. The van der Waals surface area contributed by atoms with Crippen molar-refractivity contribution in [1.82, 2.24) is 5.32 Å². The molecule has 0 saturated heterocycles. The van der Waals surface area contributed by atoms with Crippen LogP contribution in [0, 0.1) is 5.82 Å². The molecule has 0 aliphatic rings. The van der Waals surface area contributed by atoms with Gasteiger partial charge in [-0.3, -0.25) is 0 Å². The Morgan fingerprint density at radius 2 is 2.20 bits per heavy atom. The van der Waals surface area contributed by atoms with E-state index in [1.807, 2.05) is 25.1 Å². The van der Waals surface area contributed by atoms with E-state index in [1.54, 1.807) is 6.07 Å². The summed E-state index contributed by atoms with van der Waals surface area (Å²) < 4.78 is 13.4. The summed E-state index contributed by atoms with van der Waals surface area (Å²) in [4.78, 5) is 0. The van der Waals surface area contributed by atoms with Gasteiger partial charge < -0.3 is 5.32 Å². The van der Waals surface area contributed by atoms with Gasteiger partial charge in [-0.15, -0.1) is 6.58 Å². The zero-order valence-corrected chi connectivity index (χ0v) is 9.17. The maximum absolute atomic E-state index is 13.4. The normalized spacial score (nSPS) is 12.4. The fourth-order valence-electron chi connectivity index (χ4n) is 1.50. The number of nitrogens with one attached hydrogen (secondary N) is 1. The Bertz CT molecular complexity index is 309. The second kappa shape index (κ2) is 6.36. The fourth-order valence-corrected chi connectivity index (χ4v) is 1.50. The van der Waals surface area contributed by atoms with Crippen LogP contribution in [-0.4, -0.2) is 6.54 Å². The summed E-state index contributed by atoms with van der Waals surface area (Å²) in [5.74, 6) is -0.138. The van der Waals surface area contributed by atoms with Gasteiger partial charge in [-0.2, -0.15) is 0 Å². The fraction of sp³-hybridized carbons (Fsp3) is 0.385. The molecule has 1 atom stereocenters. The molecule has 1 aromatic rings. The Kier molecular flexibility index (Phi) is 5.05. The summed E-state index contributed by atoms with van der Waals surface area (Å²) in [6.07, 6.45) is 3.94. The topological polar surface area (TPSA) is 12.0 Å². The van der Waals surface area contributed by atoms with Gasteiger partial charge in [0.1, 0.15) is 5.82 Å². The molecule has 0 spiro atoms. The number of halogens is 1. The van der Waals surface area contributed by atoms with Crippen molar-refractivity contribution >= 4 is 0 Å². The molecule has 1 rings (SSSR count). The SMILES string of the molecule is C=CCCCNC(C)c1ccccc1F. The first-order valence-corrected chi connectivity index (χ1v) is 5.34. The van der Waals surface area contributed by atoms with Crippen LogP contribution in [0.25, 0.3) is 0 Å². The smallest absolute Gasteiger partial charge is 0.127 e. The quantitative estimate of drug-likeness (QED) is 0.556. The monoisotopic (exact) mass is 207 g/mol. The Morgan fingerprint density at radius 3 is 2.87 bits per heavy atom. The maximum Gasteiger partial charge on any atom is 0.127 e. The molecule has 0 aliphatic heterocycles. The minimum atomic E-state index is -0.138. The van der Waals surface area contributed by atoms with Gasteiger partial charge >= 0.3 is 0 Å². The zero-order chi connectivity index (χ0) is 11.1. The second-order valence-electron chi connectivity index (χ2n) is 3.63. The van der Waals surface area contributed by atoms with E-state index in [2.05, 4.69) is 11.9 Å². The highest BCUT2D eigenvalue weighted by molar-refractivity contribution is 5.20. The molecule has 0 aliphatic carbocycles. The lowest BCUT2D eigenvalue weighted by Crippen LogP contribution is -2.20. The molecule has 0 radical (unpaired) electrons. The third kappa shape index (κ3) is 3.84. The Morgan fingerprint density at radius 1 is 1.47 bits per heavy atom. The van der Waals surface area contributed by atoms with Gasteiger partial charge in [-0.05, 0) is 32.4 Å². The Balaban J connectivity index is 2.43. The van der Waals surface area contributed by atoms with Crippen LogP contribution in [0.5, 0.6) is 0 Å². The molecule has 82 valence electrons. The largest absolute Gasteiger partial charge is 0.310 e. The van der Waals surface area contributed by atoms with Crippen LogP contribution >= 0.6 is 0 Å². The van der Waals surface area contributed by atoms with Crippen LogP contribution in [0.4, 0.5) is 4.39 Å². The van der Waals surface area contributed by atoms with Crippen LogP contribution in [0.3, 0.4) is 0 Å². The van der Waals surface area contributed by atoms with Crippen LogP contribution in [0.1, 0.15) is 31.4 Å². The molecular weight excluding hydrogens is 189 g/mol. The summed E-state index contributed by atoms with van der Waals surface area (Å²) >= 11 is 0. The lowest BCUT2D eigenvalue weighted by atomic mass is 10.1. The van der Waals surface area contributed by atoms with Gasteiger partial charge in [0.25, 0.3) is 0 Å². The molecule has 2 heteroatoms. The van der Waals surface area contributed by atoms with E-state index >= 15 is 0 Å². The van der Waals surface area contributed by atoms with Crippen LogP contribution in [0.2, 0.25) is 0 Å².